The fourth-order valence-electron chi connectivity index (χ4n) is 2.18. The first-order chi connectivity index (χ1) is 8.78. The number of fused-ring (bicyclic) bond motifs is 1. The molecule has 2 N–H and O–H groups in total. The van der Waals surface area contributed by atoms with E-state index in [1.807, 2.05) is 4.90 Å². The second-order valence-corrected chi connectivity index (χ2v) is 5.32. The Morgan fingerprint density at radius 1 is 1.44 bits per heavy atom. The van der Waals surface area contributed by atoms with Crippen LogP contribution in [0.1, 0.15) is 26.8 Å². The molecule has 0 saturated heterocycles. The van der Waals surface area contributed by atoms with Crippen LogP contribution in [-0.4, -0.2) is 17.4 Å². The third kappa shape index (κ3) is 1.95. The van der Waals surface area contributed by atoms with Crippen LogP contribution in [0.5, 0.6) is 0 Å². The largest absolute Gasteiger partial charge is 0.455 e. The van der Waals surface area contributed by atoms with Crippen molar-refractivity contribution in [3.05, 3.63) is 45.5 Å². The summed E-state index contributed by atoms with van der Waals surface area (Å²) in [5.74, 6) is 0.979. The standard InChI is InChI=1S/C13H14N2O2S/c14-7-10-1-2-11(17-10)13(16)15-5-3-12-9(8-15)4-6-18-12/h1-2,4,6H,3,5,7-8,14H2. The van der Waals surface area contributed by atoms with Crippen molar-refractivity contribution in [2.24, 2.45) is 5.73 Å². The molecule has 5 heteroatoms. The lowest BCUT2D eigenvalue weighted by Gasteiger charge is -2.26. The molecule has 1 amide bonds. The minimum Gasteiger partial charge on any atom is -0.455 e. The Balaban J connectivity index is 1.78. The van der Waals surface area contributed by atoms with Crippen LogP contribution in [0.3, 0.4) is 0 Å². The summed E-state index contributed by atoms with van der Waals surface area (Å²) in [6, 6.07) is 5.55. The fourth-order valence-corrected chi connectivity index (χ4v) is 3.07. The van der Waals surface area contributed by atoms with E-state index in [4.69, 9.17) is 10.2 Å². The first-order valence-corrected chi connectivity index (χ1v) is 6.79. The van der Waals surface area contributed by atoms with E-state index < -0.39 is 0 Å². The number of thiophene rings is 1. The summed E-state index contributed by atoms with van der Waals surface area (Å²) in [4.78, 5) is 15.5. The SMILES string of the molecule is NCc1ccc(C(=O)N2CCc3sccc3C2)o1. The number of amides is 1. The zero-order valence-electron chi connectivity index (χ0n) is 9.89. The Kier molecular flexibility index (Phi) is 2.93. The van der Waals surface area contributed by atoms with Gasteiger partial charge in [0.15, 0.2) is 5.76 Å². The van der Waals surface area contributed by atoms with Gasteiger partial charge in [0.2, 0.25) is 0 Å². The van der Waals surface area contributed by atoms with Crippen molar-refractivity contribution in [2.45, 2.75) is 19.5 Å². The third-order valence-electron chi connectivity index (χ3n) is 3.17. The molecule has 3 heterocycles. The molecule has 1 aliphatic rings. The molecular formula is C13H14N2O2S. The Morgan fingerprint density at radius 3 is 3.11 bits per heavy atom. The Bertz CT molecular complexity index is 573. The molecule has 1 aliphatic heterocycles. The number of carbonyl (C=O) groups is 1. The average molecular weight is 262 g/mol. The van der Waals surface area contributed by atoms with Gasteiger partial charge in [-0.2, -0.15) is 0 Å². The Labute approximate surface area is 109 Å². The molecule has 2 aromatic rings. The predicted molar refractivity (Wildman–Crippen MR) is 69.4 cm³/mol. The molecule has 0 fully saturated rings. The highest BCUT2D eigenvalue weighted by Gasteiger charge is 2.24. The van der Waals surface area contributed by atoms with E-state index in [-0.39, 0.29) is 5.91 Å². The summed E-state index contributed by atoms with van der Waals surface area (Å²) >= 11 is 1.76. The molecule has 0 saturated carbocycles. The number of rotatable bonds is 2. The zero-order valence-corrected chi connectivity index (χ0v) is 10.7. The smallest absolute Gasteiger partial charge is 0.289 e. The fraction of sp³-hybridized carbons (Fsp3) is 0.308. The molecule has 94 valence electrons. The summed E-state index contributed by atoms with van der Waals surface area (Å²) in [6.07, 6.45) is 0.934. The number of nitrogens with zero attached hydrogens (tertiary/aromatic N) is 1. The second-order valence-electron chi connectivity index (χ2n) is 4.32. The van der Waals surface area contributed by atoms with Gasteiger partial charge in [-0.05, 0) is 35.6 Å². The molecule has 0 atom stereocenters. The minimum absolute atomic E-state index is 0.0495. The van der Waals surface area contributed by atoms with Crippen LogP contribution in [-0.2, 0) is 19.5 Å². The first-order valence-electron chi connectivity index (χ1n) is 5.91. The van der Waals surface area contributed by atoms with Gasteiger partial charge >= 0.3 is 0 Å². The number of furan rings is 1. The first kappa shape index (κ1) is 11.5. The molecule has 18 heavy (non-hydrogen) atoms. The Hall–Kier alpha value is -1.59. The average Bonchev–Trinajstić information content (AvgIpc) is 3.05. The lowest BCUT2D eigenvalue weighted by molar-refractivity contribution is 0.0701. The number of carbonyl (C=O) groups excluding carboxylic acids is 1. The van der Waals surface area contributed by atoms with Gasteiger partial charge in [-0.1, -0.05) is 0 Å². The van der Waals surface area contributed by atoms with E-state index in [0.717, 1.165) is 13.0 Å². The molecule has 3 rings (SSSR count). The lowest BCUT2D eigenvalue weighted by Crippen LogP contribution is -2.35. The van der Waals surface area contributed by atoms with Gasteiger partial charge in [0.1, 0.15) is 5.76 Å². The van der Waals surface area contributed by atoms with E-state index in [2.05, 4.69) is 11.4 Å². The molecule has 0 aromatic carbocycles. The van der Waals surface area contributed by atoms with E-state index in [9.17, 15) is 4.79 Å². The highest BCUT2D eigenvalue weighted by atomic mass is 32.1. The maximum atomic E-state index is 12.3. The number of hydrogen-bond donors (Lipinski definition) is 1. The highest BCUT2D eigenvalue weighted by molar-refractivity contribution is 7.10. The van der Waals surface area contributed by atoms with Crippen LogP contribution in [0.25, 0.3) is 0 Å². The molecule has 4 nitrogen and oxygen atoms in total. The van der Waals surface area contributed by atoms with Crippen molar-refractivity contribution in [1.29, 1.82) is 0 Å². The van der Waals surface area contributed by atoms with E-state index in [1.165, 1.54) is 10.4 Å². The Morgan fingerprint density at radius 2 is 2.33 bits per heavy atom. The lowest BCUT2D eigenvalue weighted by atomic mass is 10.1. The van der Waals surface area contributed by atoms with E-state index in [1.54, 1.807) is 23.5 Å². The summed E-state index contributed by atoms with van der Waals surface area (Å²) in [6.45, 7) is 1.75. The van der Waals surface area contributed by atoms with Gasteiger partial charge in [-0.25, -0.2) is 0 Å². The van der Waals surface area contributed by atoms with Crippen molar-refractivity contribution in [2.75, 3.05) is 6.54 Å². The van der Waals surface area contributed by atoms with Crippen LogP contribution in [0.4, 0.5) is 0 Å². The summed E-state index contributed by atoms with van der Waals surface area (Å²) < 4.78 is 5.40. The monoisotopic (exact) mass is 262 g/mol. The summed E-state index contributed by atoms with van der Waals surface area (Å²) in [7, 11) is 0. The predicted octanol–water partition coefficient (Wildman–Crippen LogP) is 2.00. The minimum atomic E-state index is -0.0495. The van der Waals surface area contributed by atoms with Crippen LogP contribution in [0, 0.1) is 0 Å². The van der Waals surface area contributed by atoms with Crippen molar-refractivity contribution < 1.29 is 9.21 Å². The molecule has 0 spiro atoms. The van der Waals surface area contributed by atoms with Crippen molar-refractivity contribution in [3.8, 4) is 0 Å². The third-order valence-corrected chi connectivity index (χ3v) is 4.19. The highest BCUT2D eigenvalue weighted by Crippen LogP contribution is 2.25. The number of nitrogens with two attached hydrogens (primary N) is 1. The zero-order chi connectivity index (χ0) is 12.5. The van der Waals surface area contributed by atoms with E-state index >= 15 is 0 Å². The topological polar surface area (TPSA) is 59.5 Å². The molecule has 0 bridgehead atoms. The van der Waals surface area contributed by atoms with Gasteiger partial charge < -0.3 is 15.1 Å². The van der Waals surface area contributed by atoms with Gasteiger partial charge in [-0.3, -0.25) is 4.79 Å². The molecule has 0 unspecified atom stereocenters. The van der Waals surface area contributed by atoms with Gasteiger partial charge in [0.05, 0.1) is 6.54 Å². The van der Waals surface area contributed by atoms with E-state index in [0.29, 0.717) is 24.6 Å². The van der Waals surface area contributed by atoms with Crippen LogP contribution >= 0.6 is 11.3 Å². The maximum absolute atomic E-state index is 12.3. The van der Waals surface area contributed by atoms with Crippen molar-refractivity contribution in [1.82, 2.24) is 4.90 Å². The van der Waals surface area contributed by atoms with Crippen LogP contribution in [0.2, 0.25) is 0 Å². The van der Waals surface area contributed by atoms with Gasteiger partial charge in [-0.15, -0.1) is 11.3 Å². The van der Waals surface area contributed by atoms with Crippen LogP contribution < -0.4 is 5.73 Å². The van der Waals surface area contributed by atoms with Gasteiger partial charge in [0, 0.05) is 18.0 Å². The summed E-state index contributed by atoms with van der Waals surface area (Å²) in [5, 5.41) is 2.08. The van der Waals surface area contributed by atoms with Crippen molar-refractivity contribution >= 4 is 17.2 Å². The molecular weight excluding hydrogens is 248 g/mol. The molecule has 0 radical (unpaired) electrons. The van der Waals surface area contributed by atoms with Crippen LogP contribution in [0.15, 0.2) is 28.0 Å². The van der Waals surface area contributed by atoms with Crippen molar-refractivity contribution in [3.63, 3.8) is 0 Å². The molecule has 0 aliphatic carbocycles. The normalized spacial score (nSPS) is 14.6. The second kappa shape index (κ2) is 4.59. The summed E-state index contributed by atoms with van der Waals surface area (Å²) in [5.41, 5.74) is 6.73. The van der Waals surface area contributed by atoms with Gasteiger partial charge in [0.25, 0.3) is 5.91 Å². The maximum Gasteiger partial charge on any atom is 0.289 e. The quantitative estimate of drug-likeness (QED) is 0.900. The number of hydrogen-bond acceptors (Lipinski definition) is 4. The molecule has 2 aromatic heterocycles.